The third-order valence-electron chi connectivity index (χ3n) is 6.18. The molecule has 1 unspecified atom stereocenters. The molecule has 0 spiro atoms. The van der Waals surface area contributed by atoms with Gasteiger partial charge in [0.05, 0.1) is 12.6 Å². The molecule has 0 bridgehead atoms. The predicted octanol–water partition coefficient (Wildman–Crippen LogP) is 5.60. The highest BCUT2D eigenvalue weighted by Gasteiger charge is 2.46. The molecule has 1 heterocycles. The molecule has 2 amide bonds. The van der Waals surface area contributed by atoms with Gasteiger partial charge >= 0.3 is 6.03 Å². The minimum atomic E-state index is -0.281. The van der Waals surface area contributed by atoms with Crippen molar-refractivity contribution in [2.75, 3.05) is 20.2 Å². The van der Waals surface area contributed by atoms with Gasteiger partial charge in [-0.25, -0.2) is 4.79 Å². The van der Waals surface area contributed by atoms with Crippen molar-refractivity contribution in [1.82, 2.24) is 9.80 Å². The molecule has 160 valence electrons. The number of unbranched alkanes of at least 4 members (excludes halogenated alkanes) is 1. The molecule has 0 aliphatic carbocycles. The minimum Gasteiger partial charge on any atom is -0.497 e. The van der Waals surface area contributed by atoms with Gasteiger partial charge in [0.2, 0.25) is 0 Å². The highest BCUT2D eigenvalue weighted by atomic mass is 16.5. The van der Waals surface area contributed by atoms with Gasteiger partial charge in [0.15, 0.2) is 0 Å². The van der Waals surface area contributed by atoms with Crippen LogP contribution in [-0.2, 0) is 13.0 Å². The smallest absolute Gasteiger partial charge is 0.321 e. The quantitative estimate of drug-likeness (QED) is 0.380. The second kappa shape index (κ2) is 9.84. The van der Waals surface area contributed by atoms with Gasteiger partial charge in [0.25, 0.3) is 0 Å². The first-order valence-electron chi connectivity index (χ1n) is 10.9. The summed E-state index contributed by atoms with van der Waals surface area (Å²) < 4.78 is 5.23. The molecule has 1 saturated heterocycles. The fourth-order valence-corrected chi connectivity index (χ4v) is 4.38. The zero-order valence-corrected chi connectivity index (χ0v) is 18.6. The predicted molar refractivity (Wildman–Crippen MR) is 123 cm³/mol. The molecule has 4 nitrogen and oxygen atoms in total. The summed E-state index contributed by atoms with van der Waals surface area (Å²) in [6.07, 6.45) is 6.11. The number of hydrogen-bond donors (Lipinski definition) is 0. The average molecular weight is 407 g/mol. The second-order valence-electron chi connectivity index (χ2n) is 8.23. The molecule has 0 aromatic heterocycles. The molecular weight excluding hydrogens is 372 g/mol. The molecule has 3 rings (SSSR count). The van der Waals surface area contributed by atoms with E-state index < -0.39 is 0 Å². The van der Waals surface area contributed by atoms with Gasteiger partial charge in [-0.05, 0) is 56.4 Å². The lowest BCUT2D eigenvalue weighted by Crippen LogP contribution is -2.45. The maximum Gasteiger partial charge on any atom is 0.321 e. The zero-order chi connectivity index (χ0) is 21.6. The van der Waals surface area contributed by atoms with Crippen molar-refractivity contribution in [2.24, 2.45) is 0 Å². The first kappa shape index (κ1) is 21.9. The van der Waals surface area contributed by atoms with E-state index in [0.717, 1.165) is 31.4 Å². The van der Waals surface area contributed by atoms with Gasteiger partial charge in [-0.15, -0.1) is 6.58 Å². The van der Waals surface area contributed by atoms with Gasteiger partial charge in [-0.1, -0.05) is 54.5 Å². The van der Waals surface area contributed by atoms with Gasteiger partial charge in [-0.2, -0.15) is 0 Å². The number of amides is 2. The monoisotopic (exact) mass is 406 g/mol. The third kappa shape index (κ3) is 4.86. The van der Waals surface area contributed by atoms with Crippen LogP contribution in [0.3, 0.4) is 0 Å². The van der Waals surface area contributed by atoms with Crippen molar-refractivity contribution in [3.05, 3.63) is 77.9 Å². The average Bonchev–Trinajstić information content (AvgIpc) is 3.04. The van der Waals surface area contributed by atoms with Crippen LogP contribution in [-0.4, -0.2) is 41.6 Å². The first-order valence-corrected chi connectivity index (χ1v) is 10.9. The molecule has 1 fully saturated rings. The number of methoxy groups -OCH3 is 1. The van der Waals surface area contributed by atoms with Crippen LogP contribution in [0, 0.1) is 6.92 Å². The number of nitrogens with zero attached hydrogens (tertiary/aromatic N) is 2. The molecule has 0 saturated carbocycles. The summed E-state index contributed by atoms with van der Waals surface area (Å²) >= 11 is 0. The summed E-state index contributed by atoms with van der Waals surface area (Å²) in [5, 5.41) is 0. The van der Waals surface area contributed by atoms with Crippen molar-refractivity contribution in [2.45, 2.75) is 51.6 Å². The molecule has 2 aromatic rings. The van der Waals surface area contributed by atoms with Gasteiger partial charge < -0.3 is 14.5 Å². The fraction of sp³-hybridized carbons (Fsp3) is 0.423. The van der Waals surface area contributed by atoms with Gasteiger partial charge in [-0.3, -0.25) is 0 Å². The Morgan fingerprint density at radius 2 is 1.73 bits per heavy atom. The normalized spacial score (nSPS) is 18.7. The van der Waals surface area contributed by atoms with Crippen LogP contribution in [0.2, 0.25) is 0 Å². The van der Waals surface area contributed by atoms with Gasteiger partial charge in [0.1, 0.15) is 5.75 Å². The molecule has 2 aromatic carbocycles. The number of carbonyl (C=O) groups is 1. The highest BCUT2D eigenvalue weighted by Crippen LogP contribution is 2.33. The van der Waals surface area contributed by atoms with Crippen LogP contribution in [0.1, 0.15) is 42.9 Å². The SMILES string of the molecule is C=CC1(CCCCc2ccc(OC)cc2)CN(Cc2ccc(C)cc2)C(=O)N1CC. The van der Waals surface area contributed by atoms with E-state index in [0.29, 0.717) is 19.6 Å². The van der Waals surface area contributed by atoms with Gasteiger partial charge in [0, 0.05) is 19.6 Å². The number of rotatable bonds is 10. The topological polar surface area (TPSA) is 32.8 Å². The Morgan fingerprint density at radius 3 is 2.33 bits per heavy atom. The van der Waals surface area contributed by atoms with Crippen LogP contribution in [0.4, 0.5) is 4.79 Å². The first-order chi connectivity index (χ1) is 14.5. The number of hydrogen-bond acceptors (Lipinski definition) is 2. The van der Waals surface area contributed by atoms with E-state index in [1.807, 2.05) is 28.0 Å². The highest BCUT2D eigenvalue weighted by molar-refractivity contribution is 5.78. The van der Waals surface area contributed by atoms with Crippen LogP contribution in [0.25, 0.3) is 0 Å². The Hall–Kier alpha value is -2.75. The largest absolute Gasteiger partial charge is 0.497 e. The molecule has 1 aliphatic rings. The summed E-state index contributed by atoms with van der Waals surface area (Å²) in [6, 6.07) is 16.8. The Labute approximate surface area is 181 Å². The van der Waals surface area contributed by atoms with Crippen LogP contribution >= 0.6 is 0 Å². The Morgan fingerprint density at radius 1 is 1.07 bits per heavy atom. The molecular formula is C26H34N2O2. The van der Waals surface area contributed by atoms with Crippen molar-refractivity contribution >= 4 is 6.03 Å². The number of aryl methyl sites for hydroxylation is 2. The van der Waals surface area contributed by atoms with E-state index in [9.17, 15) is 4.79 Å². The van der Waals surface area contributed by atoms with Crippen molar-refractivity contribution in [3.63, 3.8) is 0 Å². The van der Waals surface area contributed by atoms with Crippen LogP contribution in [0.15, 0.2) is 61.2 Å². The minimum absolute atomic E-state index is 0.119. The maximum atomic E-state index is 13.1. The molecule has 0 radical (unpaired) electrons. The number of carbonyl (C=O) groups excluding carboxylic acids is 1. The fourth-order valence-electron chi connectivity index (χ4n) is 4.38. The number of urea groups is 1. The number of benzene rings is 2. The summed E-state index contributed by atoms with van der Waals surface area (Å²) in [5.74, 6) is 0.890. The van der Waals surface area contributed by atoms with E-state index >= 15 is 0 Å². The number of likely N-dealkylation sites (N-methyl/N-ethyl adjacent to an activating group) is 1. The van der Waals surface area contributed by atoms with E-state index in [1.165, 1.54) is 16.7 Å². The standard InChI is InChI=1S/C26H34N2O2/c1-5-26(18-8-7-9-22-14-16-24(30-4)17-15-22)20-27(25(29)28(26)6-2)19-23-12-10-21(3)11-13-23/h5,10-17H,1,6-9,18-20H2,2-4H3. The molecule has 1 atom stereocenters. The summed E-state index contributed by atoms with van der Waals surface area (Å²) in [4.78, 5) is 17.1. The lowest BCUT2D eigenvalue weighted by Gasteiger charge is -2.33. The summed E-state index contributed by atoms with van der Waals surface area (Å²) in [6.45, 7) is 10.3. The van der Waals surface area contributed by atoms with E-state index in [-0.39, 0.29) is 11.6 Å². The lowest BCUT2D eigenvalue weighted by molar-refractivity contribution is 0.173. The summed E-state index contributed by atoms with van der Waals surface area (Å²) in [5.41, 5.74) is 3.44. The van der Waals surface area contributed by atoms with E-state index in [1.54, 1.807) is 7.11 Å². The van der Waals surface area contributed by atoms with Crippen molar-refractivity contribution in [3.8, 4) is 5.75 Å². The molecule has 1 aliphatic heterocycles. The van der Waals surface area contributed by atoms with Crippen molar-refractivity contribution < 1.29 is 9.53 Å². The number of ether oxygens (including phenoxy) is 1. The molecule has 30 heavy (non-hydrogen) atoms. The van der Waals surface area contributed by atoms with Crippen LogP contribution in [0.5, 0.6) is 5.75 Å². The second-order valence-corrected chi connectivity index (χ2v) is 8.23. The lowest BCUT2D eigenvalue weighted by atomic mass is 9.90. The van der Waals surface area contributed by atoms with E-state index in [4.69, 9.17) is 4.74 Å². The zero-order valence-electron chi connectivity index (χ0n) is 18.6. The van der Waals surface area contributed by atoms with Crippen molar-refractivity contribution in [1.29, 1.82) is 0 Å². The molecule has 0 N–H and O–H groups in total. The maximum absolute atomic E-state index is 13.1. The third-order valence-corrected chi connectivity index (χ3v) is 6.18. The Balaban J connectivity index is 1.60. The summed E-state index contributed by atoms with van der Waals surface area (Å²) in [7, 11) is 1.69. The molecule has 4 heteroatoms. The Kier molecular flexibility index (Phi) is 7.20. The van der Waals surface area contributed by atoms with Crippen LogP contribution < -0.4 is 4.74 Å². The Bertz CT molecular complexity index is 844. The van der Waals surface area contributed by atoms with E-state index in [2.05, 4.69) is 56.8 Å².